The fourth-order valence-corrected chi connectivity index (χ4v) is 1.81. The molecule has 2 N–H and O–H groups in total. The van der Waals surface area contributed by atoms with Crippen LogP contribution in [0.4, 0.5) is 5.69 Å². The molecule has 0 radical (unpaired) electrons. The Labute approximate surface area is 93.5 Å². The molecule has 0 saturated heterocycles. The zero-order chi connectivity index (χ0) is 11.5. The van der Waals surface area contributed by atoms with E-state index in [4.69, 9.17) is 10.4 Å². The molecule has 1 aliphatic rings. The lowest BCUT2D eigenvalue weighted by atomic mass is 9.80. The van der Waals surface area contributed by atoms with Crippen molar-refractivity contribution in [3.05, 3.63) is 29.8 Å². The van der Waals surface area contributed by atoms with E-state index in [9.17, 15) is 4.79 Å². The van der Waals surface area contributed by atoms with Crippen molar-refractivity contribution in [2.24, 2.45) is 5.92 Å². The van der Waals surface area contributed by atoms with E-state index in [2.05, 4.69) is 11.4 Å². The smallest absolute Gasteiger partial charge is 0.306 e. The molecule has 0 atom stereocenters. The number of carboxylic acids is 1. The van der Waals surface area contributed by atoms with E-state index in [1.54, 1.807) is 12.1 Å². The Morgan fingerprint density at radius 1 is 1.38 bits per heavy atom. The average molecular weight is 216 g/mol. The van der Waals surface area contributed by atoms with Crippen LogP contribution in [0.3, 0.4) is 0 Å². The number of aliphatic carboxylic acids is 1. The Hall–Kier alpha value is -2.02. The Morgan fingerprint density at radius 2 is 2.00 bits per heavy atom. The van der Waals surface area contributed by atoms with E-state index < -0.39 is 5.97 Å². The van der Waals surface area contributed by atoms with E-state index in [1.165, 1.54) is 0 Å². The maximum Gasteiger partial charge on any atom is 0.306 e. The predicted octanol–water partition coefficient (Wildman–Crippen LogP) is 1.83. The van der Waals surface area contributed by atoms with E-state index in [-0.39, 0.29) is 12.0 Å². The van der Waals surface area contributed by atoms with Crippen LogP contribution in [0, 0.1) is 17.2 Å². The monoisotopic (exact) mass is 216 g/mol. The van der Waals surface area contributed by atoms with Crippen molar-refractivity contribution in [3.63, 3.8) is 0 Å². The van der Waals surface area contributed by atoms with Crippen LogP contribution in [-0.2, 0) is 4.79 Å². The number of nitrogens with zero attached hydrogens (tertiary/aromatic N) is 1. The maximum absolute atomic E-state index is 10.6. The van der Waals surface area contributed by atoms with E-state index in [0.717, 1.165) is 5.69 Å². The van der Waals surface area contributed by atoms with Gasteiger partial charge in [0.25, 0.3) is 0 Å². The van der Waals surface area contributed by atoms with Gasteiger partial charge in [-0.05, 0) is 37.1 Å². The Morgan fingerprint density at radius 3 is 2.50 bits per heavy atom. The molecule has 1 fully saturated rings. The number of nitriles is 1. The molecule has 0 aromatic heterocycles. The molecular formula is C12H12N2O2. The quantitative estimate of drug-likeness (QED) is 0.808. The topological polar surface area (TPSA) is 73.1 Å². The van der Waals surface area contributed by atoms with Gasteiger partial charge >= 0.3 is 5.97 Å². The largest absolute Gasteiger partial charge is 0.481 e. The average Bonchev–Trinajstić information content (AvgIpc) is 2.23. The van der Waals surface area contributed by atoms with Gasteiger partial charge < -0.3 is 10.4 Å². The lowest BCUT2D eigenvalue weighted by Crippen LogP contribution is -2.39. The summed E-state index contributed by atoms with van der Waals surface area (Å²) in [5, 5.41) is 20.6. The second kappa shape index (κ2) is 4.23. The van der Waals surface area contributed by atoms with Crippen LogP contribution in [0.5, 0.6) is 0 Å². The minimum Gasteiger partial charge on any atom is -0.481 e. The summed E-state index contributed by atoms with van der Waals surface area (Å²) in [7, 11) is 0. The zero-order valence-corrected chi connectivity index (χ0v) is 8.68. The molecule has 0 unspecified atom stereocenters. The molecule has 2 rings (SSSR count). The summed E-state index contributed by atoms with van der Waals surface area (Å²) in [6, 6.07) is 9.47. The first-order valence-corrected chi connectivity index (χ1v) is 5.18. The number of rotatable bonds is 3. The first-order chi connectivity index (χ1) is 7.69. The molecule has 4 heteroatoms. The fraction of sp³-hybridized carbons (Fsp3) is 0.333. The van der Waals surface area contributed by atoms with Crippen molar-refractivity contribution in [3.8, 4) is 6.07 Å². The number of carboxylic acid groups (broad SMARTS) is 1. The minimum absolute atomic E-state index is 0.198. The van der Waals surface area contributed by atoms with Crippen LogP contribution >= 0.6 is 0 Å². The first kappa shape index (κ1) is 10.5. The summed E-state index contributed by atoms with van der Waals surface area (Å²) in [6.45, 7) is 0. The molecule has 0 bridgehead atoms. The van der Waals surface area contributed by atoms with E-state index in [1.807, 2.05) is 12.1 Å². The van der Waals surface area contributed by atoms with Gasteiger partial charge in [0.2, 0.25) is 0 Å². The number of nitrogens with one attached hydrogen (secondary N) is 1. The van der Waals surface area contributed by atoms with Crippen LogP contribution < -0.4 is 5.32 Å². The molecule has 4 nitrogen and oxygen atoms in total. The number of carbonyl (C=O) groups is 1. The number of hydrogen-bond acceptors (Lipinski definition) is 3. The third-order valence-corrected chi connectivity index (χ3v) is 2.87. The van der Waals surface area contributed by atoms with Gasteiger partial charge in [-0.3, -0.25) is 4.79 Å². The van der Waals surface area contributed by atoms with Gasteiger partial charge in [-0.1, -0.05) is 0 Å². The summed E-state index contributed by atoms with van der Waals surface area (Å²) < 4.78 is 0. The molecule has 1 saturated carbocycles. The summed E-state index contributed by atoms with van der Waals surface area (Å²) in [5.41, 5.74) is 1.57. The van der Waals surface area contributed by atoms with Crippen molar-refractivity contribution in [2.45, 2.75) is 18.9 Å². The highest BCUT2D eigenvalue weighted by Gasteiger charge is 2.34. The van der Waals surface area contributed by atoms with Crippen LogP contribution in [0.2, 0.25) is 0 Å². The fourth-order valence-electron chi connectivity index (χ4n) is 1.81. The third-order valence-electron chi connectivity index (χ3n) is 2.87. The summed E-state index contributed by atoms with van der Waals surface area (Å²) in [5.74, 6) is -0.909. The lowest BCUT2D eigenvalue weighted by Gasteiger charge is -2.33. The molecule has 82 valence electrons. The molecule has 1 aliphatic carbocycles. The van der Waals surface area contributed by atoms with Crippen molar-refractivity contribution < 1.29 is 9.90 Å². The van der Waals surface area contributed by atoms with Crippen LogP contribution in [0.1, 0.15) is 18.4 Å². The van der Waals surface area contributed by atoms with Gasteiger partial charge in [0, 0.05) is 11.7 Å². The number of hydrogen-bond donors (Lipinski definition) is 2. The minimum atomic E-state index is -0.710. The SMILES string of the molecule is N#Cc1ccc(NC2CC(C(=O)O)C2)cc1. The highest BCUT2D eigenvalue weighted by atomic mass is 16.4. The summed E-state index contributed by atoms with van der Waals surface area (Å²) >= 11 is 0. The molecule has 0 aliphatic heterocycles. The molecule has 0 spiro atoms. The van der Waals surface area contributed by atoms with Crippen LogP contribution in [0.25, 0.3) is 0 Å². The summed E-state index contributed by atoms with van der Waals surface area (Å²) in [6.07, 6.45) is 1.35. The standard InChI is InChI=1S/C12H12N2O2/c13-7-8-1-3-10(4-2-8)14-11-5-9(6-11)12(15)16/h1-4,9,11,14H,5-6H2,(H,15,16). The molecule has 0 amide bonds. The number of benzene rings is 1. The van der Waals surface area contributed by atoms with Crippen molar-refractivity contribution in [1.29, 1.82) is 5.26 Å². The predicted molar refractivity (Wildman–Crippen MR) is 58.9 cm³/mol. The Bertz CT molecular complexity index is 427. The zero-order valence-electron chi connectivity index (χ0n) is 8.68. The van der Waals surface area contributed by atoms with Gasteiger partial charge in [-0.25, -0.2) is 0 Å². The highest BCUT2D eigenvalue weighted by Crippen LogP contribution is 2.30. The Balaban J connectivity index is 1.87. The van der Waals surface area contributed by atoms with Gasteiger partial charge in [0.05, 0.1) is 17.6 Å². The van der Waals surface area contributed by atoms with Gasteiger partial charge in [0.15, 0.2) is 0 Å². The molecule has 16 heavy (non-hydrogen) atoms. The normalized spacial score (nSPS) is 22.9. The van der Waals surface area contributed by atoms with Gasteiger partial charge in [0.1, 0.15) is 0 Å². The van der Waals surface area contributed by atoms with E-state index >= 15 is 0 Å². The van der Waals surface area contributed by atoms with Gasteiger partial charge in [-0.15, -0.1) is 0 Å². The van der Waals surface area contributed by atoms with Crippen molar-refractivity contribution in [1.82, 2.24) is 0 Å². The maximum atomic E-state index is 10.6. The second-order valence-corrected chi connectivity index (χ2v) is 4.04. The molecule has 1 aromatic carbocycles. The molecular weight excluding hydrogens is 204 g/mol. The van der Waals surface area contributed by atoms with Gasteiger partial charge in [-0.2, -0.15) is 5.26 Å². The van der Waals surface area contributed by atoms with E-state index in [0.29, 0.717) is 18.4 Å². The second-order valence-electron chi connectivity index (χ2n) is 4.04. The number of anilines is 1. The van der Waals surface area contributed by atoms with Crippen molar-refractivity contribution in [2.75, 3.05) is 5.32 Å². The third kappa shape index (κ3) is 2.14. The highest BCUT2D eigenvalue weighted by molar-refractivity contribution is 5.71. The summed E-state index contributed by atoms with van der Waals surface area (Å²) in [4.78, 5) is 10.6. The lowest BCUT2D eigenvalue weighted by molar-refractivity contribution is -0.144. The molecule has 1 aromatic rings. The molecule has 0 heterocycles. The first-order valence-electron chi connectivity index (χ1n) is 5.18. The van der Waals surface area contributed by atoms with Crippen LogP contribution in [0.15, 0.2) is 24.3 Å². The Kier molecular flexibility index (Phi) is 2.78. The van der Waals surface area contributed by atoms with Crippen molar-refractivity contribution >= 4 is 11.7 Å². The van der Waals surface area contributed by atoms with Crippen LogP contribution in [-0.4, -0.2) is 17.1 Å².